The highest BCUT2D eigenvalue weighted by atomic mass is 19.1. The van der Waals surface area contributed by atoms with Crippen LogP contribution in [0.2, 0.25) is 0 Å². The Labute approximate surface area is 115 Å². The Morgan fingerprint density at radius 1 is 1.10 bits per heavy atom. The van der Waals surface area contributed by atoms with Crippen LogP contribution in [0.15, 0.2) is 42.5 Å². The van der Waals surface area contributed by atoms with Crippen molar-refractivity contribution in [3.05, 3.63) is 65.2 Å². The molecule has 0 saturated carbocycles. The van der Waals surface area contributed by atoms with Gasteiger partial charge in [0.15, 0.2) is 0 Å². The number of hydrogen-bond acceptors (Lipinski definition) is 2. The summed E-state index contributed by atoms with van der Waals surface area (Å²) in [5, 5.41) is 2.60. The van der Waals surface area contributed by atoms with Crippen molar-refractivity contribution >= 4 is 11.6 Å². The minimum absolute atomic E-state index is 0.0354. The molecule has 0 fully saturated rings. The summed E-state index contributed by atoms with van der Waals surface area (Å²) in [6.45, 7) is 1.64. The highest BCUT2D eigenvalue weighted by molar-refractivity contribution is 5.99. The van der Waals surface area contributed by atoms with E-state index in [9.17, 15) is 13.6 Å². The van der Waals surface area contributed by atoms with Crippen molar-refractivity contribution in [1.29, 1.82) is 0 Å². The second-order valence-corrected chi connectivity index (χ2v) is 4.42. The van der Waals surface area contributed by atoms with E-state index in [0.29, 0.717) is 5.56 Å². The first-order chi connectivity index (χ1) is 9.50. The zero-order chi connectivity index (χ0) is 14.7. The lowest BCUT2D eigenvalue weighted by atomic mass is 10.1. The van der Waals surface area contributed by atoms with Crippen LogP contribution >= 0.6 is 0 Å². The number of anilines is 1. The zero-order valence-corrected chi connectivity index (χ0v) is 10.9. The van der Waals surface area contributed by atoms with Crippen molar-refractivity contribution in [3.8, 4) is 0 Å². The Hall–Kier alpha value is -2.43. The normalized spacial score (nSPS) is 11.9. The smallest absolute Gasteiger partial charge is 0.253 e. The van der Waals surface area contributed by atoms with Gasteiger partial charge >= 0.3 is 0 Å². The number of nitrogens with two attached hydrogens (primary N) is 1. The maximum Gasteiger partial charge on any atom is 0.253 e. The third-order valence-corrected chi connectivity index (χ3v) is 3.02. The molecule has 2 aromatic rings. The fraction of sp³-hybridized carbons (Fsp3) is 0.133. The van der Waals surface area contributed by atoms with Crippen molar-refractivity contribution in [3.63, 3.8) is 0 Å². The van der Waals surface area contributed by atoms with Gasteiger partial charge in [0.25, 0.3) is 5.91 Å². The molecule has 0 heterocycles. The van der Waals surface area contributed by atoms with Gasteiger partial charge in [-0.25, -0.2) is 8.78 Å². The number of rotatable bonds is 3. The van der Waals surface area contributed by atoms with E-state index >= 15 is 0 Å². The van der Waals surface area contributed by atoms with Gasteiger partial charge in [0.2, 0.25) is 0 Å². The number of amides is 1. The third-order valence-electron chi connectivity index (χ3n) is 3.02. The Morgan fingerprint density at radius 2 is 1.75 bits per heavy atom. The van der Waals surface area contributed by atoms with Crippen LogP contribution in [-0.4, -0.2) is 5.91 Å². The van der Waals surface area contributed by atoms with Crippen LogP contribution in [0.5, 0.6) is 0 Å². The van der Waals surface area contributed by atoms with Gasteiger partial charge < -0.3 is 11.1 Å². The molecule has 3 N–H and O–H groups in total. The van der Waals surface area contributed by atoms with Gasteiger partial charge in [-0.2, -0.15) is 0 Å². The monoisotopic (exact) mass is 276 g/mol. The lowest BCUT2D eigenvalue weighted by Crippen LogP contribution is -2.28. The summed E-state index contributed by atoms with van der Waals surface area (Å²) in [6.07, 6.45) is 0. The topological polar surface area (TPSA) is 55.1 Å². The second-order valence-electron chi connectivity index (χ2n) is 4.42. The van der Waals surface area contributed by atoms with Gasteiger partial charge in [-0.15, -0.1) is 0 Å². The first-order valence-electron chi connectivity index (χ1n) is 6.10. The molecule has 5 heteroatoms. The molecule has 0 unspecified atom stereocenters. The lowest BCUT2D eigenvalue weighted by Gasteiger charge is -2.16. The molecule has 2 aromatic carbocycles. The molecule has 1 atom stereocenters. The SMILES string of the molecule is C[C@@H](NC(=O)c1cccc(F)c1N)c1ccccc1F. The second kappa shape index (κ2) is 5.69. The molecule has 3 nitrogen and oxygen atoms in total. The molecule has 20 heavy (non-hydrogen) atoms. The van der Waals surface area contributed by atoms with E-state index < -0.39 is 23.6 Å². The highest BCUT2D eigenvalue weighted by Gasteiger charge is 2.17. The summed E-state index contributed by atoms with van der Waals surface area (Å²) in [5.41, 5.74) is 5.69. The van der Waals surface area contributed by atoms with Gasteiger partial charge in [0.05, 0.1) is 17.3 Å². The van der Waals surface area contributed by atoms with Crippen LogP contribution in [0, 0.1) is 11.6 Å². The Morgan fingerprint density at radius 3 is 2.45 bits per heavy atom. The first-order valence-corrected chi connectivity index (χ1v) is 6.10. The molecule has 0 aliphatic heterocycles. The molecular formula is C15H14F2N2O. The molecule has 0 radical (unpaired) electrons. The van der Waals surface area contributed by atoms with E-state index in [1.807, 2.05) is 0 Å². The molecule has 0 spiro atoms. The highest BCUT2D eigenvalue weighted by Crippen LogP contribution is 2.19. The van der Waals surface area contributed by atoms with Gasteiger partial charge in [0, 0.05) is 5.56 Å². The molecule has 0 aliphatic carbocycles. The van der Waals surface area contributed by atoms with E-state index in [-0.39, 0.29) is 11.3 Å². The number of nitrogen functional groups attached to an aromatic ring is 1. The van der Waals surface area contributed by atoms with Crippen molar-refractivity contribution in [1.82, 2.24) is 5.32 Å². The fourth-order valence-electron chi connectivity index (χ4n) is 1.91. The van der Waals surface area contributed by atoms with Crippen LogP contribution in [0.3, 0.4) is 0 Å². The van der Waals surface area contributed by atoms with Crippen LogP contribution in [-0.2, 0) is 0 Å². The van der Waals surface area contributed by atoms with Crippen molar-refractivity contribution < 1.29 is 13.6 Å². The largest absolute Gasteiger partial charge is 0.396 e. The summed E-state index contributed by atoms with van der Waals surface area (Å²) in [4.78, 5) is 12.0. The molecule has 1 amide bonds. The zero-order valence-electron chi connectivity index (χ0n) is 10.9. The standard InChI is InChI=1S/C15H14F2N2O/c1-9(10-5-2-3-7-12(10)16)19-15(20)11-6-4-8-13(17)14(11)18/h2-9H,18H2,1H3,(H,19,20)/t9-/m1/s1. The van der Waals surface area contributed by atoms with E-state index in [1.54, 1.807) is 25.1 Å². The average molecular weight is 276 g/mol. The molecule has 0 saturated heterocycles. The average Bonchev–Trinajstić information content (AvgIpc) is 2.42. The van der Waals surface area contributed by atoms with Gasteiger partial charge in [-0.1, -0.05) is 24.3 Å². The molecule has 104 valence electrons. The fourth-order valence-corrected chi connectivity index (χ4v) is 1.91. The molecular weight excluding hydrogens is 262 g/mol. The lowest BCUT2D eigenvalue weighted by molar-refractivity contribution is 0.0940. The minimum atomic E-state index is -0.656. The third kappa shape index (κ3) is 2.77. The van der Waals surface area contributed by atoms with Crippen LogP contribution < -0.4 is 11.1 Å². The summed E-state index contributed by atoms with van der Waals surface area (Å²) in [7, 11) is 0. The summed E-state index contributed by atoms with van der Waals surface area (Å²) >= 11 is 0. The molecule has 0 bridgehead atoms. The predicted molar refractivity (Wildman–Crippen MR) is 73.1 cm³/mol. The number of halogens is 2. The van der Waals surface area contributed by atoms with Crippen LogP contribution in [0.1, 0.15) is 28.9 Å². The van der Waals surface area contributed by atoms with Crippen molar-refractivity contribution in [2.75, 3.05) is 5.73 Å². The van der Waals surface area contributed by atoms with Gasteiger partial charge in [0.1, 0.15) is 11.6 Å². The summed E-state index contributed by atoms with van der Waals surface area (Å²) in [5.74, 6) is -1.61. The van der Waals surface area contributed by atoms with Gasteiger partial charge in [-0.05, 0) is 25.1 Å². The number of carbonyl (C=O) groups is 1. The molecule has 0 aliphatic rings. The quantitative estimate of drug-likeness (QED) is 0.847. The molecule has 0 aromatic heterocycles. The van der Waals surface area contributed by atoms with Crippen molar-refractivity contribution in [2.24, 2.45) is 0 Å². The predicted octanol–water partition coefficient (Wildman–Crippen LogP) is 3.04. The van der Waals surface area contributed by atoms with E-state index in [1.165, 1.54) is 24.3 Å². The Bertz CT molecular complexity index is 644. The molecule has 2 rings (SSSR count). The number of benzene rings is 2. The van der Waals surface area contributed by atoms with E-state index in [2.05, 4.69) is 5.32 Å². The maximum atomic E-state index is 13.6. The van der Waals surface area contributed by atoms with E-state index in [4.69, 9.17) is 5.73 Å². The Kier molecular flexibility index (Phi) is 3.98. The van der Waals surface area contributed by atoms with Crippen LogP contribution in [0.25, 0.3) is 0 Å². The summed E-state index contributed by atoms with van der Waals surface area (Å²) in [6, 6.07) is 9.58. The Balaban J connectivity index is 2.20. The number of nitrogens with one attached hydrogen (secondary N) is 1. The van der Waals surface area contributed by atoms with Crippen LogP contribution in [0.4, 0.5) is 14.5 Å². The van der Waals surface area contributed by atoms with Crippen molar-refractivity contribution in [2.45, 2.75) is 13.0 Å². The minimum Gasteiger partial charge on any atom is -0.396 e. The number of carbonyl (C=O) groups excluding carboxylic acids is 1. The first kappa shape index (κ1) is 14.0. The maximum absolute atomic E-state index is 13.6. The van der Waals surface area contributed by atoms with E-state index in [0.717, 1.165) is 0 Å². The van der Waals surface area contributed by atoms with Gasteiger partial charge in [-0.3, -0.25) is 4.79 Å². The summed E-state index contributed by atoms with van der Waals surface area (Å²) < 4.78 is 26.9. The number of hydrogen-bond donors (Lipinski definition) is 2. The number of para-hydroxylation sites is 1.